The summed E-state index contributed by atoms with van der Waals surface area (Å²) < 4.78 is 5.26. The molecule has 0 saturated carbocycles. The highest BCUT2D eigenvalue weighted by Gasteiger charge is 2.34. The lowest BCUT2D eigenvalue weighted by atomic mass is 10.0. The second-order valence-corrected chi connectivity index (χ2v) is 8.79. The van der Waals surface area contributed by atoms with Crippen molar-refractivity contribution in [2.24, 2.45) is 0 Å². The van der Waals surface area contributed by atoms with Crippen LogP contribution in [0, 0.1) is 0 Å². The second kappa shape index (κ2) is 13.0. The SMILES string of the molecule is CCCCCCCCCCc1ccc(-c2noc(CNC(=O)C3CCCN3C(=O)O)n2)cc1. The molecular formula is C25H36N4O4. The van der Waals surface area contributed by atoms with E-state index in [2.05, 4.69) is 34.5 Å². The van der Waals surface area contributed by atoms with Crippen molar-refractivity contribution in [1.82, 2.24) is 20.4 Å². The fourth-order valence-corrected chi connectivity index (χ4v) is 4.28. The fourth-order valence-electron chi connectivity index (χ4n) is 4.28. The van der Waals surface area contributed by atoms with Crippen molar-refractivity contribution < 1.29 is 19.2 Å². The van der Waals surface area contributed by atoms with Gasteiger partial charge in [0.25, 0.3) is 0 Å². The molecule has 0 radical (unpaired) electrons. The predicted molar refractivity (Wildman–Crippen MR) is 126 cm³/mol. The zero-order valence-electron chi connectivity index (χ0n) is 19.6. The Kier molecular flexibility index (Phi) is 9.72. The average molecular weight is 457 g/mol. The van der Waals surface area contributed by atoms with Crippen LogP contribution >= 0.6 is 0 Å². The van der Waals surface area contributed by atoms with E-state index in [0.717, 1.165) is 12.0 Å². The third-order valence-corrected chi connectivity index (χ3v) is 6.21. The van der Waals surface area contributed by atoms with Gasteiger partial charge < -0.3 is 14.9 Å². The predicted octanol–water partition coefficient (Wildman–Crippen LogP) is 5.18. The van der Waals surface area contributed by atoms with Gasteiger partial charge in [-0.05, 0) is 31.2 Å². The molecule has 1 fully saturated rings. The maximum Gasteiger partial charge on any atom is 0.407 e. The molecule has 180 valence electrons. The number of likely N-dealkylation sites (tertiary alicyclic amines) is 1. The normalized spacial score (nSPS) is 15.7. The van der Waals surface area contributed by atoms with Crippen LogP contribution in [0.4, 0.5) is 4.79 Å². The number of aryl methyl sites for hydroxylation is 1. The minimum Gasteiger partial charge on any atom is -0.465 e. The Bertz CT molecular complexity index is 881. The summed E-state index contributed by atoms with van der Waals surface area (Å²) >= 11 is 0. The first-order valence-electron chi connectivity index (χ1n) is 12.3. The van der Waals surface area contributed by atoms with Crippen LogP contribution < -0.4 is 5.32 Å². The molecular weight excluding hydrogens is 420 g/mol. The molecule has 33 heavy (non-hydrogen) atoms. The molecule has 0 bridgehead atoms. The Balaban J connectivity index is 1.40. The van der Waals surface area contributed by atoms with Crippen LogP contribution in [0.1, 0.15) is 82.6 Å². The maximum atomic E-state index is 12.3. The summed E-state index contributed by atoms with van der Waals surface area (Å²) in [6.45, 7) is 2.71. The molecule has 2 N–H and O–H groups in total. The van der Waals surface area contributed by atoms with Gasteiger partial charge >= 0.3 is 6.09 Å². The van der Waals surface area contributed by atoms with Gasteiger partial charge in [-0.2, -0.15) is 4.98 Å². The van der Waals surface area contributed by atoms with E-state index in [1.807, 2.05) is 12.1 Å². The smallest absolute Gasteiger partial charge is 0.407 e. The van der Waals surface area contributed by atoms with Crippen molar-refractivity contribution in [2.75, 3.05) is 6.54 Å². The third-order valence-electron chi connectivity index (χ3n) is 6.21. The molecule has 0 spiro atoms. The number of hydrogen-bond acceptors (Lipinski definition) is 5. The summed E-state index contributed by atoms with van der Waals surface area (Å²) in [6.07, 6.45) is 11.7. The summed E-state index contributed by atoms with van der Waals surface area (Å²) in [5.74, 6) is 0.437. The Morgan fingerprint density at radius 3 is 2.48 bits per heavy atom. The molecule has 1 atom stereocenters. The highest BCUT2D eigenvalue weighted by Crippen LogP contribution is 2.19. The number of carbonyl (C=O) groups excluding carboxylic acids is 1. The number of carbonyl (C=O) groups is 2. The highest BCUT2D eigenvalue weighted by atomic mass is 16.5. The molecule has 1 aliphatic heterocycles. The van der Waals surface area contributed by atoms with E-state index in [0.29, 0.717) is 31.1 Å². The third kappa shape index (κ3) is 7.58. The summed E-state index contributed by atoms with van der Waals surface area (Å²) in [4.78, 5) is 29.1. The van der Waals surface area contributed by atoms with Gasteiger partial charge in [-0.15, -0.1) is 0 Å². The summed E-state index contributed by atoms with van der Waals surface area (Å²) in [7, 11) is 0. The molecule has 8 heteroatoms. The zero-order valence-corrected chi connectivity index (χ0v) is 19.6. The van der Waals surface area contributed by atoms with Crippen LogP contribution in [-0.4, -0.2) is 44.7 Å². The molecule has 1 unspecified atom stereocenters. The van der Waals surface area contributed by atoms with Crippen molar-refractivity contribution in [1.29, 1.82) is 0 Å². The van der Waals surface area contributed by atoms with Crippen molar-refractivity contribution in [3.8, 4) is 11.4 Å². The first kappa shape index (κ1) is 24.7. The lowest BCUT2D eigenvalue weighted by Crippen LogP contribution is -2.45. The van der Waals surface area contributed by atoms with Gasteiger partial charge in [-0.25, -0.2) is 4.79 Å². The van der Waals surface area contributed by atoms with E-state index in [4.69, 9.17) is 4.52 Å². The van der Waals surface area contributed by atoms with E-state index < -0.39 is 12.1 Å². The molecule has 3 rings (SSSR count). The number of rotatable bonds is 13. The molecule has 1 aliphatic rings. The van der Waals surface area contributed by atoms with Crippen molar-refractivity contribution in [2.45, 2.75) is 90.1 Å². The summed E-state index contributed by atoms with van der Waals surface area (Å²) in [5.41, 5.74) is 2.17. The van der Waals surface area contributed by atoms with Crippen LogP contribution in [0.15, 0.2) is 28.8 Å². The Morgan fingerprint density at radius 1 is 1.09 bits per heavy atom. The Labute approximate surface area is 195 Å². The minimum absolute atomic E-state index is 0.0757. The fraction of sp³-hybridized carbons (Fsp3) is 0.600. The molecule has 1 aromatic heterocycles. The number of aromatic nitrogens is 2. The summed E-state index contributed by atoms with van der Waals surface area (Å²) in [5, 5.41) is 15.9. The molecule has 2 aromatic rings. The van der Waals surface area contributed by atoms with Crippen LogP contribution in [0.25, 0.3) is 11.4 Å². The van der Waals surface area contributed by atoms with Gasteiger partial charge in [-0.3, -0.25) is 9.69 Å². The maximum absolute atomic E-state index is 12.3. The van der Waals surface area contributed by atoms with Gasteiger partial charge in [-0.1, -0.05) is 81.3 Å². The monoisotopic (exact) mass is 456 g/mol. The molecule has 8 nitrogen and oxygen atoms in total. The first-order valence-corrected chi connectivity index (χ1v) is 12.3. The van der Waals surface area contributed by atoms with E-state index in [-0.39, 0.29) is 12.5 Å². The van der Waals surface area contributed by atoms with Crippen LogP contribution in [0.5, 0.6) is 0 Å². The van der Waals surface area contributed by atoms with Gasteiger partial charge in [0.05, 0.1) is 6.54 Å². The number of amides is 2. The number of nitrogens with zero attached hydrogens (tertiary/aromatic N) is 3. The Morgan fingerprint density at radius 2 is 1.79 bits per heavy atom. The van der Waals surface area contributed by atoms with Crippen LogP contribution in [0.2, 0.25) is 0 Å². The van der Waals surface area contributed by atoms with Crippen molar-refractivity contribution >= 4 is 12.0 Å². The molecule has 1 saturated heterocycles. The first-order chi connectivity index (χ1) is 16.1. The van der Waals surface area contributed by atoms with E-state index in [1.54, 1.807) is 0 Å². The standard InChI is InChI=1S/C25H36N4O4/c1-2-3-4-5-6-7-8-9-11-19-13-15-20(16-14-19)23-27-22(33-28-23)18-26-24(30)21-12-10-17-29(21)25(31)32/h13-16,21H,2-12,17-18H2,1H3,(H,26,30)(H,31,32). The van der Waals surface area contributed by atoms with Gasteiger partial charge in [0.1, 0.15) is 6.04 Å². The van der Waals surface area contributed by atoms with Crippen molar-refractivity contribution in [3.05, 3.63) is 35.7 Å². The highest BCUT2D eigenvalue weighted by molar-refractivity contribution is 5.85. The van der Waals surface area contributed by atoms with Gasteiger partial charge in [0.2, 0.25) is 17.6 Å². The molecule has 2 heterocycles. The van der Waals surface area contributed by atoms with E-state index in [9.17, 15) is 14.7 Å². The molecule has 1 aromatic carbocycles. The molecule has 0 aliphatic carbocycles. The van der Waals surface area contributed by atoms with Crippen LogP contribution in [-0.2, 0) is 17.8 Å². The zero-order chi connectivity index (χ0) is 23.5. The lowest BCUT2D eigenvalue weighted by molar-refractivity contribution is -0.125. The van der Waals surface area contributed by atoms with Crippen LogP contribution in [0.3, 0.4) is 0 Å². The number of carboxylic acid groups (broad SMARTS) is 1. The largest absolute Gasteiger partial charge is 0.465 e. The lowest BCUT2D eigenvalue weighted by Gasteiger charge is -2.20. The molecule has 2 amide bonds. The van der Waals surface area contributed by atoms with Gasteiger partial charge in [0.15, 0.2) is 0 Å². The summed E-state index contributed by atoms with van der Waals surface area (Å²) in [6, 6.07) is 7.55. The van der Waals surface area contributed by atoms with E-state index in [1.165, 1.54) is 61.8 Å². The number of hydrogen-bond donors (Lipinski definition) is 2. The quantitative estimate of drug-likeness (QED) is 0.402. The number of unbranched alkanes of at least 4 members (excludes halogenated alkanes) is 7. The van der Waals surface area contributed by atoms with E-state index >= 15 is 0 Å². The second-order valence-electron chi connectivity index (χ2n) is 8.79. The number of benzene rings is 1. The Hall–Kier alpha value is -2.90. The van der Waals surface area contributed by atoms with Crippen molar-refractivity contribution in [3.63, 3.8) is 0 Å². The van der Waals surface area contributed by atoms with Gasteiger partial charge in [0, 0.05) is 12.1 Å². The topological polar surface area (TPSA) is 109 Å². The average Bonchev–Trinajstić information content (AvgIpc) is 3.50. The number of nitrogens with one attached hydrogen (secondary N) is 1. The minimum atomic E-state index is -1.07.